The summed E-state index contributed by atoms with van der Waals surface area (Å²) in [7, 11) is -3.68. The maximum absolute atomic E-state index is 12.3. The Morgan fingerprint density at radius 2 is 2.16 bits per heavy atom. The van der Waals surface area contributed by atoms with Gasteiger partial charge in [0.15, 0.2) is 0 Å². The molecule has 0 radical (unpaired) electrons. The number of nitrogens with one attached hydrogen (secondary N) is 2. The molecule has 1 atom stereocenters. The summed E-state index contributed by atoms with van der Waals surface area (Å²) in [5.41, 5.74) is 1.11. The van der Waals surface area contributed by atoms with Crippen molar-refractivity contribution < 1.29 is 13.5 Å². The van der Waals surface area contributed by atoms with Crippen molar-refractivity contribution in [2.45, 2.75) is 24.5 Å². The lowest BCUT2D eigenvalue weighted by Crippen LogP contribution is -2.27. The van der Waals surface area contributed by atoms with Crippen molar-refractivity contribution in [3.63, 3.8) is 0 Å². The number of hydrogen-bond acceptors (Lipinski definition) is 4. The number of aliphatic hydroxyl groups excluding tert-OH is 1. The van der Waals surface area contributed by atoms with Gasteiger partial charge in [-0.05, 0) is 18.6 Å². The molecule has 7 heteroatoms. The number of aromatic nitrogens is 2. The Balaban J connectivity index is 2.28. The summed E-state index contributed by atoms with van der Waals surface area (Å²) in [5, 5.41) is 15.6. The van der Waals surface area contributed by atoms with E-state index in [1.54, 1.807) is 37.5 Å². The zero-order valence-corrected chi connectivity index (χ0v) is 11.2. The fourth-order valence-electron chi connectivity index (χ4n) is 1.76. The third kappa shape index (κ3) is 3.01. The molecule has 2 aromatic rings. The van der Waals surface area contributed by atoms with Crippen LogP contribution < -0.4 is 4.72 Å². The Morgan fingerprint density at radius 3 is 2.79 bits per heavy atom. The summed E-state index contributed by atoms with van der Waals surface area (Å²) in [6.45, 7) is 1.40. The zero-order chi connectivity index (χ0) is 13.9. The molecular formula is C12H15N3O3S. The summed E-state index contributed by atoms with van der Waals surface area (Å²) >= 11 is 0. The van der Waals surface area contributed by atoms with Crippen molar-refractivity contribution in [3.05, 3.63) is 47.8 Å². The van der Waals surface area contributed by atoms with Gasteiger partial charge in [0.25, 0.3) is 0 Å². The largest absolute Gasteiger partial charge is 0.392 e. The molecule has 0 fully saturated rings. The number of rotatable bonds is 5. The second-order valence-corrected chi connectivity index (χ2v) is 5.82. The van der Waals surface area contributed by atoms with Crippen LogP contribution in [0.2, 0.25) is 0 Å². The molecular weight excluding hydrogens is 266 g/mol. The molecule has 0 saturated heterocycles. The van der Waals surface area contributed by atoms with Crippen molar-refractivity contribution in [2.75, 3.05) is 0 Å². The van der Waals surface area contributed by atoms with Gasteiger partial charge < -0.3 is 5.11 Å². The van der Waals surface area contributed by atoms with Crippen molar-refractivity contribution >= 4 is 10.0 Å². The SMILES string of the molecule is CC(NS(=O)(=O)c1ccccc1CO)c1cn[nH]c1. The van der Waals surface area contributed by atoms with Gasteiger partial charge in [0.1, 0.15) is 0 Å². The van der Waals surface area contributed by atoms with Crippen LogP contribution in [0.15, 0.2) is 41.6 Å². The van der Waals surface area contributed by atoms with Crippen LogP contribution in [0.5, 0.6) is 0 Å². The molecule has 0 aliphatic carbocycles. The number of H-pyrrole nitrogens is 1. The van der Waals surface area contributed by atoms with Gasteiger partial charge in [0.05, 0.1) is 17.7 Å². The van der Waals surface area contributed by atoms with Crippen molar-refractivity contribution in [2.24, 2.45) is 0 Å². The number of hydrogen-bond donors (Lipinski definition) is 3. The lowest BCUT2D eigenvalue weighted by atomic mass is 10.2. The van der Waals surface area contributed by atoms with Crippen LogP contribution >= 0.6 is 0 Å². The van der Waals surface area contributed by atoms with Crippen LogP contribution in [0.1, 0.15) is 24.1 Å². The first-order chi connectivity index (χ1) is 9.04. The molecule has 6 nitrogen and oxygen atoms in total. The molecule has 0 bridgehead atoms. The average molecular weight is 281 g/mol. The molecule has 3 N–H and O–H groups in total. The van der Waals surface area contributed by atoms with E-state index in [4.69, 9.17) is 0 Å². The summed E-state index contributed by atoms with van der Waals surface area (Å²) in [5.74, 6) is 0. The van der Waals surface area contributed by atoms with Gasteiger partial charge in [-0.3, -0.25) is 5.10 Å². The molecule has 1 aromatic heterocycles. The highest BCUT2D eigenvalue weighted by Gasteiger charge is 2.21. The van der Waals surface area contributed by atoms with E-state index in [1.807, 2.05) is 0 Å². The van der Waals surface area contributed by atoms with Crippen LogP contribution in [0.25, 0.3) is 0 Å². The molecule has 102 valence electrons. The van der Waals surface area contributed by atoms with Crippen LogP contribution in [-0.2, 0) is 16.6 Å². The monoisotopic (exact) mass is 281 g/mol. The minimum atomic E-state index is -3.68. The lowest BCUT2D eigenvalue weighted by Gasteiger charge is -2.14. The van der Waals surface area contributed by atoms with Crippen LogP contribution in [0.4, 0.5) is 0 Å². The predicted octanol–water partition coefficient (Wildman–Crippen LogP) is 0.942. The molecule has 19 heavy (non-hydrogen) atoms. The Morgan fingerprint density at radius 1 is 1.42 bits per heavy atom. The van der Waals surface area contributed by atoms with E-state index >= 15 is 0 Å². The first-order valence-electron chi connectivity index (χ1n) is 5.74. The molecule has 0 aliphatic rings. The van der Waals surface area contributed by atoms with Gasteiger partial charge in [0, 0.05) is 17.8 Å². The molecule has 1 aromatic carbocycles. The summed E-state index contributed by atoms with van der Waals surface area (Å²) in [4.78, 5) is 0.0906. The number of nitrogens with zero attached hydrogens (tertiary/aromatic N) is 1. The van der Waals surface area contributed by atoms with E-state index in [-0.39, 0.29) is 11.5 Å². The van der Waals surface area contributed by atoms with Gasteiger partial charge in [-0.25, -0.2) is 13.1 Å². The highest BCUT2D eigenvalue weighted by atomic mass is 32.2. The molecule has 0 amide bonds. The smallest absolute Gasteiger partial charge is 0.241 e. The normalized spacial score (nSPS) is 13.4. The average Bonchev–Trinajstić information content (AvgIpc) is 2.92. The third-order valence-corrected chi connectivity index (χ3v) is 4.42. The van der Waals surface area contributed by atoms with E-state index in [1.165, 1.54) is 6.07 Å². The van der Waals surface area contributed by atoms with Crippen LogP contribution in [-0.4, -0.2) is 23.7 Å². The summed E-state index contributed by atoms with van der Waals surface area (Å²) in [6.07, 6.45) is 3.19. The first kappa shape index (κ1) is 13.7. The fraction of sp³-hybridized carbons (Fsp3) is 0.250. The Bertz CT molecular complexity index is 638. The van der Waals surface area contributed by atoms with Crippen molar-refractivity contribution in [1.29, 1.82) is 0 Å². The van der Waals surface area contributed by atoms with Crippen molar-refractivity contribution in [1.82, 2.24) is 14.9 Å². The zero-order valence-electron chi connectivity index (χ0n) is 10.4. The van der Waals surface area contributed by atoms with E-state index < -0.39 is 16.1 Å². The van der Waals surface area contributed by atoms with E-state index in [9.17, 15) is 13.5 Å². The highest BCUT2D eigenvalue weighted by Crippen LogP contribution is 2.19. The Kier molecular flexibility index (Phi) is 3.98. The van der Waals surface area contributed by atoms with Gasteiger partial charge in [0.2, 0.25) is 10.0 Å². The lowest BCUT2D eigenvalue weighted by molar-refractivity contribution is 0.278. The topological polar surface area (TPSA) is 95.1 Å². The van der Waals surface area contributed by atoms with Gasteiger partial charge in [-0.2, -0.15) is 5.10 Å². The maximum Gasteiger partial charge on any atom is 0.241 e. The van der Waals surface area contributed by atoms with Gasteiger partial charge in [-0.1, -0.05) is 18.2 Å². The Hall–Kier alpha value is -1.70. The Labute approximate surface area is 111 Å². The molecule has 0 aliphatic heterocycles. The van der Waals surface area contributed by atoms with Gasteiger partial charge in [-0.15, -0.1) is 0 Å². The second-order valence-electron chi connectivity index (χ2n) is 4.14. The molecule has 0 saturated carbocycles. The number of sulfonamides is 1. The highest BCUT2D eigenvalue weighted by molar-refractivity contribution is 7.89. The minimum Gasteiger partial charge on any atom is -0.392 e. The standard InChI is InChI=1S/C12H15N3O3S/c1-9(11-6-13-14-7-11)15-19(17,18)12-5-3-2-4-10(12)8-16/h2-7,9,15-16H,8H2,1H3,(H,13,14). The summed E-state index contributed by atoms with van der Waals surface area (Å²) in [6, 6.07) is 5.95. The van der Waals surface area contributed by atoms with E-state index in [2.05, 4.69) is 14.9 Å². The first-order valence-corrected chi connectivity index (χ1v) is 7.22. The quantitative estimate of drug-likeness (QED) is 0.760. The molecule has 0 spiro atoms. The van der Waals surface area contributed by atoms with Crippen molar-refractivity contribution in [3.8, 4) is 0 Å². The number of aliphatic hydroxyl groups is 1. The van der Waals surface area contributed by atoms with E-state index in [0.29, 0.717) is 5.56 Å². The molecule has 1 unspecified atom stereocenters. The van der Waals surface area contributed by atoms with E-state index in [0.717, 1.165) is 5.56 Å². The molecule has 1 heterocycles. The predicted molar refractivity (Wildman–Crippen MR) is 69.7 cm³/mol. The number of benzene rings is 1. The van der Waals surface area contributed by atoms with Crippen LogP contribution in [0.3, 0.4) is 0 Å². The maximum atomic E-state index is 12.3. The second kappa shape index (κ2) is 5.52. The molecule has 2 rings (SSSR count). The number of aromatic amines is 1. The summed E-state index contributed by atoms with van der Waals surface area (Å²) < 4.78 is 27.1. The fourth-order valence-corrected chi connectivity index (χ4v) is 3.22. The third-order valence-electron chi connectivity index (χ3n) is 2.78. The minimum absolute atomic E-state index is 0.0906. The van der Waals surface area contributed by atoms with Gasteiger partial charge >= 0.3 is 0 Å². The van der Waals surface area contributed by atoms with Crippen LogP contribution in [0, 0.1) is 0 Å².